The van der Waals surface area contributed by atoms with Crippen LogP contribution in [-0.4, -0.2) is 18.4 Å². The minimum atomic E-state index is -0.490. The van der Waals surface area contributed by atoms with Gasteiger partial charge in [0.1, 0.15) is 0 Å². The first-order valence-corrected chi connectivity index (χ1v) is 9.93. The first-order chi connectivity index (χ1) is 13.9. The van der Waals surface area contributed by atoms with Gasteiger partial charge < -0.3 is 10.6 Å². The van der Waals surface area contributed by atoms with Crippen LogP contribution in [0.5, 0.6) is 0 Å². The van der Waals surface area contributed by atoms with Crippen LogP contribution in [0.1, 0.15) is 38.3 Å². The van der Waals surface area contributed by atoms with Crippen LogP contribution < -0.4 is 10.6 Å². The lowest BCUT2D eigenvalue weighted by molar-refractivity contribution is 0.0981. The van der Waals surface area contributed by atoms with E-state index in [2.05, 4.69) is 6.07 Å². The molecule has 2 amide bonds. The SMILES string of the molecule is Cc1ccc(C(=O)N2CCCc3cc(-c4cc(C(N)=O)ccc4Cl)ccc32)cc1. The number of carbonyl (C=O) groups excluding carboxylic acids is 2. The largest absolute Gasteiger partial charge is 0.366 e. The molecule has 3 aromatic rings. The minimum absolute atomic E-state index is 0.00691. The maximum atomic E-state index is 13.1. The molecule has 146 valence electrons. The number of halogens is 1. The highest BCUT2D eigenvalue weighted by molar-refractivity contribution is 6.33. The van der Waals surface area contributed by atoms with E-state index < -0.39 is 5.91 Å². The molecule has 0 atom stereocenters. The molecule has 0 saturated heterocycles. The standard InChI is InChI=1S/C24H21ClN2O2/c1-15-4-6-16(7-5-15)24(29)27-12-2-3-18-13-17(9-11-22(18)27)20-14-19(23(26)28)8-10-21(20)25/h4-11,13-14H,2-3,12H2,1H3,(H2,26,28). The third-order valence-corrected chi connectivity index (χ3v) is 5.63. The summed E-state index contributed by atoms with van der Waals surface area (Å²) in [5.74, 6) is -0.483. The lowest BCUT2D eigenvalue weighted by Crippen LogP contribution is -2.35. The summed E-state index contributed by atoms with van der Waals surface area (Å²) in [6, 6.07) is 18.6. The third kappa shape index (κ3) is 3.76. The van der Waals surface area contributed by atoms with E-state index in [0.717, 1.165) is 40.8 Å². The molecule has 4 nitrogen and oxygen atoms in total. The Morgan fingerprint density at radius 2 is 1.69 bits per heavy atom. The van der Waals surface area contributed by atoms with Gasteiger partial charge in [0.25, 0.3) is 5.91 Å². The van der Waals surface area contributed by atoms with Gasteiger partial charge in [0.2, 0.25) is 5.91 Å². The zero-order chi connectivity index (χ0) is 20.5. The Balaban J connectivity index is 1.71. The van der Waals surface area contributed by atoms with Crippen molar-refractivity contribution in [2.24, 2.45) is 5.73 Å². The number of nitrogens with zero attached hydrogens (tertiary/aromatic N) is 1. The van der Waals surface area contributed by atoms with E-state index in [1.165, 1.54) is 0 Å². The van der Waals surface area contributed by atoms with Gasteiger partial charge in [0, 0.05) is 33.9 Å². The fraction of sp³-hybridized carbons (Fsp3) is 0.167. The molecule has 0 fully saturated rings. The highest BCUT2D eigenvalue weighted by atomic mass is 35.5. The van der Waals surface area contributed by atoms with Crippen molar-refractivity contribution in [2.45, 2.75) is 19.8 Å². The average Bonchev–Trinajstić information content (AvgIpc) is 2.73. The number of anilines is 1. The fourth-order valence-electron chi connectivity index (χ4n) is 3.73. The van der Waals surface area contributed by atoms with Crippen LogP contribution in [0.25, 0.3) is 11.1 Å². The quantitative estimate of drug-likeness (QED) is 0.667. The van der Waals surface area contributed by atoms with Crippen LogP contribution in [0.3, 0.4) is 0 Å². The zero-order valence-corrected chi connectivity index (χ0v) is 16.9. The normalized spacial score (nSPS) is 13.1. The highest BCUT2D eigenvalue weighted by Gasteiger charge is 2.24. The molecule has 0 radical (unpaired) electrons. The molecule has 3 aromatic carbocycles. The summed E-state index contributed by atoms with van der Waals surface area (Å²) < 4.78 is 0. The van der Waals surface area contributed by atoms with Crippen molar-refractivity contribution in [1.82, 2.24) is 0 Å². The number of rotatable bonds is 3. The van der Waals surface area contributed by atoms with Gasteiger partial charge in [-0.25, -0.2) is 0 Å². The summed E-state index contributed by atoms with van der Waals surface area (Å²) in [5, 5.41) is 0.554. The summed E-state index contributed by atoms with van der Waals surface area (Å²) >= 11 is 6.37. The van der Waals surface area contributed by atoms with Gasteiger partial charge in [-0.3, -0.25) is 9.59 Å². The molecule has 1 heterocycles. The molecular weight excluding hydrogens is 384 g/mol. The van der Waals surface area contributed by atoms with Crippen LogP contribution >= 0.6 is 11.6 Å². The van der Waals surface area contributed by atoms with Gasteiger partial charge in [-0.2, -0.15) is 0 Å². The molecule has 0 saturated carbocycles. The second kappa shape index (κ2) is 7.72. The fourth-order valence-corrected chi connectivity index (χ4v) is 3.95. The van der Waals surface area contributed by atoms with Gasteiger partial charge in [-0.15, -0.1) is 0 Å². The second-order valence-electron chi connectivity index (χ2n) is 7.33. The number of primary amides is 1. The number of amides is 2. The number of fused-ring (bicyclic) bond motifs is 1. The first kappa shape index (κ1) is 19.2. The van der Waals surface area contributed by atoms with Gasteiger partial charge >= 0.3 is 0 Å². The Hall–Kier alpha value is -3.11. The van der Waals surface area contributed by atoms with E-state index in [9.17, 15) is 9.59 Å². The molecule has 0 unspecified atom stereocenters. The highest BCUT2D eigenvalue weighted by Crippen LogP contribution is 2.35. The Labute approximate surface area is 174 Å². The van der Waals surface area contributed by atoms with E-state index in [1.54, 1.807) is 18.2 Å². The van der Waals surface area contributed by atoms with E-state index >= 15 is 0 Å². The monoisotopic (exact) mass is 404 g/mol. The molecule has 2 N–H and O–H groups in total. The Morgan fingerprint density at radius 3 is 2.41 bits per heavy atom. The van der Waals surface area contributed by atoms with E-state index in [1.807, 2.05) is 48.2 Å². The van der Waals surface area contributed by atoms with Crippen LogP contribution in [0, 0.1) is 6.92 Å². The van der Waals surface area contributed by atoms with Crippen molar-refractivity contribution >= 4 is 29.1 Å². The van der Waals surface area contributed by atoms with Crippen molar-refractivity contribution in [3.05, 3.63) is 87.9 Å². The molecule has 1 aliphatic heterocycles. The van der Waals surface area contributed by atoms with Gasteiger partial charge in [0.05, 0.1) is 0 Å². The van der Waals surface area contributed by atoms with E-state index in [4.69, 9.17) is 17.3 Å². The summed E-state index contributed by atoms with van der Waals surface area (Å²) in [6.07, 6.45) is 1.77. The molecule has 4 rings (SSSR count). The van der Waals surface area contributed by atoms with E-state index in [0.29, 0.717) is 22.7 Å². The summed E-state index contributed by atoms with van der Waals surface area (Å²) in [5.41, 5.74) is 11.3. The van der Waals surface area contributed by atoms with Gasteiger partial charge in [0.15, 0.2) is 0 Å². The maximum absolute atomic E-state index is 13.1. The van der Waals surface area contributed by atoms with Crippen LogP contribution in [-0.2, 0) is 6.42 Å². The number of hydrogen-bond acceptors (Lipinski definition) is 2. The number of aryl methyl sites for hydroxylation is 2. The van der Waals surface area contributed by atoms with E-state index in [-0.39, 0.29) is 5.91 Å². The summed E-state index contributed by atoms with van der Waals surface area (Å²) in [4.78, 5) is 26.4. The van der Waals surface area contributed by atoms with Crippen molar-refractivity contribution < 1.29 is 9.59 Å². The van der Waals surface area contributed by atoms with Gasteiger partial charge in [-0.05, 0) is 73.4 Å². The van der Waals surface area contributed by atoms with Crippen molar-refractivity contribution in [1.29, 1.82) is 0 Å². The average molecular weight is 405 g/mol. The number of carbonyl (C=O) groups is 2. The first-order valence-electron chi connectivity index (χ1n) is 9.55. The van der Waals surface area contributed by atoms with Crippen molar-refractivity contribution in [2.75, 3.05) is 11.4 Å². The topological polar surface area (TPSA) is 63.4 Å². The Kier molecular flexibility index (Phi) is 5.12. The zero-order valence-electron chi connectivity index (χ0n) is 16.1. The minimum Gasteiger partial charge on any atom is -0.366 e. The van der Waals surface area contributed by atoms with Crippen molar-refractivity contribution in [3.63, 3.8) is 0 Å². The number of nitrogens with two attached hydrogens (primary N) is 1. The smallest absolute Gasteiger partial charge is 0.258 e. The maximum Gasteiger partial charge on any atom is 0.258 e. The van der Waals surface area contributed by atoms with Crippen LogP contribution in [0.15, 0.2) is 60.7 Å². The molecule has 5 heteroatoms. The van der Waals surface area contributed by atoms with Crippen LogP contribution in [0.4, 0.5) is 5.69 Å². The summed E-state index contributed by atoms with van der Waals surface area (Å²) in [6.45, 7) is 2.70. The summed E-state index contributed by atoms with van der Waals surface area (Å²) in [7, 11) is 0. The number of benzene rings is 3. The molecule has 0 aliphatic carbocycles. The Morgan fingerprint density at radius 1 is 0.966 bits per heavy atom. The molecule has 1 aliphatic rings. The Bertz CT molecular complexity index is 1110. The van der Waals surface area contributed by atoms with Crippen LogP contribution in [0.2, 0.25) is 5.02 Å². The predicted octanol–water partition coefficient (Wildman–Crippen LogP) is 5.01. The molecule has 0 aromatic heterocycles. The molecule has 29 heavy (non-hydrogen) atoms. The molecular formula is C24H21ClN2O2. The third-order valence-electron chi connectivity index (χ3n) is 5.30. The lowest BCUT2D eigenvalue weighted by Gasteiger charge is -2.30. The molecule has 0 bridgehead atoms. The second-order valence-corrected chi connectivity index (χ2v) is 7.74. The van der Waals surface area contributed by atoms with Gasteiger partial charge in [-0.1, -0.05) is 35.4 Å². The molecule has 0 spiro atoms. The number of hydrogen-bond donors (Lipinski definition) is 1. The van der Waals surface area contributed by atoms with Crippen molar-refractivity contribution in [3.8, 4) is 11.1 Å². The lowest BCUT2D eigenvalue weighted by atomic mass is 9.95. The predicted molar refractivity (Wildman–Crippen MR) is 117 cm³/mol.